The topological polar surface area (TPSA) is 137 Å². The lowest BCUT2D eigenvalue weighted by molar-refractivity contribution is -0.134. The number of nitrogens with one attached hydrogen (secondary N) is 2. The van der Waals surface area contributed by atoms with Gasteiger partial charge in [-0.25, -0.2) is 0 Å². The van der Waals surface area contributed by atoms with E-state index in [0.29, 0.717) is 53.6 Å². The first-order chi connectivity index (χ1) is 23.1. The minimum absolute atomic E-state index is 0.0190. The number of hydrogen-bond donors (Lipinski definition) is 4. The average Bonchev–Trinajstić information content (AvgIpc) is 3.13. The number of anilines is 3. The summed E-state index contributed by atoms with van der Waals surface area (Å²) >= 11 is 0. The van der Waals surface area contributed by atoms with Gasteiger partial charge in [0.25, 0.3) is 5.91 Å². The van der Waals surface area contributed by atoms with Crippen molar-refractivity contribution in [3.8, 4) is 5.75 Å². The van der Waals surface area contributed by atoms with Crippen LogP contribution in [0.4, 0.5) is 17.1 Å². The monoisotopic (exact) mass is 655 g/mol. The van der Waals surface area contributed by atoms with Crippen LogP contribution in [-0.2, 0) is 22.6 Å². The van der Waals surface area contributed by atoms with Gasteiger partial charge in [0, 0.05) is 48.3 Å². The molecule has 10 nitrogen and oxygen atoms in total. The third kappa shape index (κ3) is 8.93. The highest BCUT2D eigenvalue weighted by Gasteiger charge is 2.31. The Morgan fingerprint density at radius 3 is 2.48 bits per heavy atom. The Kier molecular flexibility index (Phi) is 11.7. The molecule has 1 heterocycles. The number of nitrogen functional groups attached to an aromatic ring is 1. The van der Waals surface area contributed by atoms with Crippen molar-refractivity contribution in [1.29, 1.82) is 0 Å². The molecule has 256 valence electrons. The molecule has 5 rings (SSSR count). The number of nitrogens with two attached hydrogens (primary N) is 1. The summed E-state index contributed by atoms with van der Waals surface area (Å²) in [4.78, 5) is 43.3. The Labute approximate surface area is 283 Å². The number of ether oxygens (including phenoxy) is 1. The van der Waals surface area contributed by atoms with Crippen LogP contribution in [0.15, 0.2) is 66.7 Å². The van der Waals surface area contributed by atoms with Crippen molar-refractivity contribution in [1.82, 2.24) is 9.80 Å². The smallest absolute Gasteiger partial charge is 0.255 e. The summed E-state index contributed by atoms with van der Waals surface area (Å²) in [6.07, 6.45) is 4.98. The number of aliphatic hydroxyl groups excluding tert-OH is 1. The Morgan fingerprint density at radius 1 is 1.04 bits per heavy atom. The number of para-hydroxylation sites is 2. The summed E-state index contributed by atoms with van der Waals surface area (Å²) in [5, 5.41) is 15.9. The van der Waals surface area contributed by atoms with E-state index in [-0.39, 0.29) is 54.7 Å². The van der Waals surface area contributed by atoms with Crippen LogP contribution in [-0.4, -0.2) is 71.5 Å². The maximum atomic E-state index is 13.6. The van der Waals surface area contributed by atoms with Gasteiger partial charge >= 0.3 is 0 Å². The lowest BCUT2D eigenvalue weighted by Gasteiger charge is -2.34. The van der Waals surface area contributed by atoms with Crippen LogP contribution in [0, 0.1) is 11.8 Å². The van der Waals surface area contributed by atoms with Crippen LogP contribution in [0.25, 0.3) is 0 Å². The lowest BCUT2D eigenvalue weighted by Crippen LogP contribution is -2.47. The van der Waals surface area contributed by atoms with Gasteiger partial charge in [-0.2, -0.15) is 0 Å². The highest BCUT2D eigenvalue weighted by Crippen LogP contribution is 2.31. The number of carbonyl (C=O) groups is 3. The first-order valence-electron chi connectivity index (χ1n) is 17.1. The molecule has 48 heavy (non-hydrogen) atoms. The zero-order valence-electron chi connectivity index (χ0n) is 28.3. The third-order valence-electron chi connectivity index (χ3n) is 9.53. The Balaban J connectivity index is 1.29. The summed E-state index contributed by atoms with van der Waals surface area (Å²) in [6.45, 7) is 5.42. The largest absolute Gasteiger partial charge is 0.488 e. The molecule has 0 unspecified atom stereocenters. The third-order valence-corrected chi connectivity index (χ3v) is 9.53. The molecular weight excluding hydrogens is 606 g/mol. The highest BCUT2D eigenvalue weighted by atomic mass is 16.5. The fourth-order valence-electron chi connectivity index (χ4n) is 6.58. The molecule has 0 spiro atoms. The Hall–Kier alpha value is -4.41. The van der Waals surface area contributed by atoms with Crippen molar-refractivity contribution in [2.75, 3.05) is 43.1 Å². The second kappa shape index (κ2) is 16.1. The molecule has 3 aromatic rings. The van der Waals surface area contributed by atoms with E-state index in [1.54, 1.807) is 29.2 Å². The first-order valence-corrected chi connectivity index (χ1v) is 17.1. The number of likely N-dealkylation sites (N-methyl/N-ethyl adjacent to an activating group) is 1. The standard InChI is InChI=1S/C38H49N5O5/c1-25-21-43(26(2)24-44)36(45)20-30-19-31(40-37(46)28-9-5-4-6-10-28)17-18-34(30)48-35(25)23-42(3)22-27-13-15-29(16-14-27)38(47)41-33-12-8-7-11-32(33)39/h7-8,11-19,25-26,28,35,44H,4-6,9-10,20-24,39H2,1-3H3,(H,40,46)(H,41,47)/t25-,26+,35+/m0/s1. The second-order valence-corrected chi connectivity index (χ2v) is 13.5. The molecule has 2 aliphatic rings. The number of aliphatic hydroxyl groups is 1. The van der Waals surface area contributed by atoms with E-state index in [2.05, 4.69) is 22.5 Å². The molecule has 1 saturated carbocycles. The van der Waals surface area contributed by atoms with Crippen molar-refractivity contribution in [2.24, 2.45) is 11.8 Å². The van der Waals surface area contributed by atoms with E-state index >= 15 is 0 Å². The number of nitrogens with zero attached hydrogens (tertiary/aromatic N) is 2. The van der Waals surface area contributed by atoms with Gasteiger partial charge in [0.1, 0.15) is 11.9 Å². The normalized spacial score (nSPS) is 19.4. The molecule has 3 aromatic carbocycles. The van der Waals surface area contributed by atoms with E-state index in [0.717, 1.165) is 31.2 Å². The van der Waals surface area contributed by atoms with Crippen molar-refractivity contribution >= 4 is 34.8 Å². The van der Waals surface area contributed by atoms with E-state index in [9.17, 15) is 19.5 Å². The molecule has 5 N–H and O–H groups in total. The minimum atomic E-state index is -0.344. The van der Waals surface area contributed by atoms with E-state index in [1.165, 1.54) is 6.42 Å². The number of amides is 3. The maximum absolute atomic E-state index is 13.6. The Bertz CT molecular complexity index is 1570. The van der Waals surface area contributed by atoms with Crippen molar-refractivity contribution in [3.63, 3.8) is 0 Å². The first kappa shape index (κ1) is 34.9. The van der Waals surface area contributed by atoms with E-state index < -0.39 is 0 Å². The maximum Gasteiger partial charge on any atom is 0.255 e. The summed E-state index contributed by atoms with van der Waals surface area (Å²) in [7, 11) is 2.02. The number of hydrogen-bond acceptors (Lipinski definition) is 7. The summed E-state index contributed by atoms with van der Waals surface area (Å²) in [5.74, 6) is 0.314. The SMILES string of the molecule is C[C@H](CO)N1C[C@H](C)[C@@H](CN(C)Cc2ccc(C(=O)Nc3ccccc3N)cc2)Oc2ccc(NC(=O)C3CCCCC3)cc2CC1=O. The van der Waals surface area contributed by atoms with Crippen LogP contribution in [0.5, 0.6) is 5.75 Å². The summed E-state index contributed by atoms with van der Waals surface area (Å²) in [5.41, 5.74) is 10.0. The zero-order chi connectivity index (χ0) is 34.2. The van der Waals surface area contributed by atoms with Crippen molar-refractivity contribution in [2.45, 2.75) is 71.1 Å². The van der Waals surface area contributed by atoms with Gasteiger partial charge in [0.2, 0.25) is 11.8 Å². The highest BCUT2D eigenvalue weighted by molar-refractivity contribution is 6.05. The van der Waals surface area contributed by atoms with Crippen LogP contribution in [0.3, 0.4) is 0 Å². The van der Waals surface area contributed by atoms with Crippen LogP contribution < -0.4 is 21.1 Å². The van der Waals surface area contributed by atoms with E-state index in [1.807, 2.05) is 56.4 Å². The fourth-order valence-corrected chi connectivity index (χ4v) is 6.58. The van der Waals surface area contributed by atoms with E-state index in [4.69, 9.17) is 10.5 Å². The number of benzene rings is 3. The molecule has 0 saturated heterocycles. The van der Waals surface area contributed by atoms with Crippen molar-refractivity contribution < 1.29 is 24.2 Å². The quantitative estimate of drug-likeness (QED) is 0.217. The van der Waals surface area contributed by atoms with Crippen LogP contribution >= 0.6 is 0 Å². The summed E-state index contributed by atoms with van der Waals surface area (Å²) in [6, 6.07) is 19.9. The van der Waals surface area contributed by atoms with Gasteiger partial charge in [-0.15, -0.1) is 0 Å². The molecule has 0 radical (unpaired) electrons. The predicted molar refractivity (Wildman–Crippen MR) is 189 cm³/mol. The van der Waals surface area contributed by atoms with Gasteiger partial charge < -0.3 is 31.1 Å². The molecule has 0 bridgehead atoms. The van der Waals surface area contributed by atoms with Crippen molar-refractivity contribution in [3.05, 3.63) is 83.4 Å². The second-order valence-electron chi connectivity index (χ2n) is 13.5. The molecule has 1 fully saturated rings. The minimum Gasteiger partial charge on any atom is -0.488 e. The molecule has 1 aliphatic heterocycles. The van der Waals surface area contributed by atoms with Crippen LogP contribution in [0.2, 0.25) is 0 Å². The number of fused-ring (bicyclic) bond motifs is 1. The average molecular weight is 656 g/mol. The predicted octanol–water partition coefficient (Wildman–Crippen LogP) is 5.32. The Morgan fingerprint density at radius 2 is 1.77 bits per heavy atom. The number of carbonyl (C=O) groups excluding carboxylic acids is 3. The molecule has 3 atom stereocenters. The lowest BCUT2D eigenvalue weighted by atomic mass is 9.88. The molecule has 0 aromatic heterocycles. The molecular formula is C38H49N5O5. The van der Waals surface area contributed by atoms with Gasteiger partial charge in [0.15, 0.2) is 0 Å². The molecule has 1 aliphatic carbocycles. The van der Waals surface area contributed by atoms with Gasteiger partial charge in [-0.3, -0.25) is 19.3 Å². The van der Waals surface area contributed by atoms with Gasteiger partial charge in [-0.1, -0.05) is 50.5 Å². The molecule has 3 amide bonds. The fraction of sp³-hybridized carbons (Fsp3) is 0.447. The summed E-state index contributed by atoms with van der Waals surface area (Å²) < 4.78 is 6.68. The van der Waals surface area contributed by atoms with Gasteiger partial charge in [0.05, 0.1) is 30.4 Å². The zero-order valence-corrected chi connectivity index (χ0v) is 28.3. The van der Waals surface area contributed by atoms with Crippen LogP contribution in [0.1, 0.15) is 67.4 Å². The molecule has 10 heteroatoms. The van der Waals surface area contributed by atoms with Gasteiger partial charge in [-0.05, 0) is 74.8 Å². The number of rotatable bonds is 10.